The normalized spacial score (nSPS) is 12.4. The molecule has 0 aliphatic carbocycles. The molecule has 1 aromatic carbocycles. The van der Waals surface area contributed by atoms with Crippen molar-refractivity contribution in [2.75, 3.05) is 6.26 Å². The molecule has 0 aromatic heterocycles. The van der Waals surface area contributed by atoms with Crippen LogP contribution in [0.25, 0.3) is 0 Å². The van der Waals surface area contributed by atoms with Gasteiger partial charge in [-0.1, -0.05) is 0 Å². The Hall–Kier alpha value is -1.16. The number of carboxylic acid groups (broad SMARTS) is 1. The number of hydrogen-bond donors (Lipinski definition) is 1. The average molecular weight is 186 g/mol. The van der Waals surface area contributed by atoms with Gasteiger partial charge in [-0.15, -0.1) is 0 Å². The molecule has 0 aliphatic heterocycles. The van der Waals surface area contributed by atoms with E-state index in [-0.39, 0.29) is 5.56 Å². The van der Waals surface area contributed by atoms with Crippen molar-refractivity contribution in [3.8, 4) is 0 Å². The zero-order valence-electron chi connectivity index (χ0n) is 6.48. The van der Waals surface area contributed by atoms with E-state index in [1.165, 1.54) is 12.1 Å². The molecule has 1 unspecified atom stereocenters. The molecule has 1 atom stereocenters. The third-order valence-corrected chi connectivity index (χ3v) is 2.37. The monoisotopic (exact) mass is 186 g/mol. The van der Waals surface area contributed by atoms with Gasteiger partial charge >= 0.3 is 5.97 Å². The zero-order valence-corrected chi connectivity index (χ0v) is 7.30. The van der Waals surface area contributed by atoms with Gasteiger partial charge in [-0.2, -0.15) is 0 Å². The van der Waals surface area contributed by atoms with Crippen LogP contribution in [0, 0.1) is 0 Å². The standard InChI is InChI=1S/C8H8O3S/c1-12(11)7-4-2-6(3-5-7)8(9)10/h2-5H,1H3,(H,9,10)/i11+2. The van der Waals surface area contributed by atoms with Crippen LogP contribution in [0.5, 0.6) is 0 Å². The van der Waals surface area contributed by atoms with Gasteiger partial charge in [0.25, 0.3) is 0 Å². The molecule has 0 spiro atoms. The van der Waals surface area contributed by atoms with Crippen LogP contribution in [-0.4, -0.2) is 21.5 Å². The van der Waals surface area contributed by atoms with Crippen LogP contribution < -0.4 is 0 Å². The van der Waals surface area contributed by atoms with E-state index in [9.17, 15) is 9.00 Å². The molecule has 12 heavy (non-hydrogen) atoms. The number of benzene rings is 1. The van der Waals surface area contributed by atoms with Crippen LogP contribution in [0.3, 0.4) is 0 Å². The second-order valence-corrected chi connectivity index (χ2v) is 3.66. The molecule has 1 N–H and O–H groups in total. The fourth-order valence-electron chi connectivity index (χ4n) is 0.789. The topological polar surface area (TPSA) is 54.4 Å². The summed E-state index contributed by atoms with van der Waals surface area (Å²) in [6, 6.07) is 6.00. The maximum atomic E-state index is 10.9. The molecule has 1 aromatic rings. The molecular formula is C8H8O3S. The third kappa shape index (κ3) is 1.92. The summed E-state index contributed by atoms with van der Waals surface area (Å²) in [5.74, 6) is -0.969. The van der Waals surface area contributed by atoms with E-state index in [4.69, 9.17) is 5.11 Å². The highest BCUT2D eigenvalue weighted by atomic mass is 32.2. The first kappa shape index (κ1) is 8.93. The molecule has 0 aliphatic rings. The molecule has 4 heteroatoms. The van der Waals surface area contributed by atoms with Crippen LogP contribution in [0.15, 0.2) is 29.2 Å². The summed E-state index contributed by atoms with van der Waals surface area (Å²) in [6.07, 6.45) is 1.55. The molecule has 64 valence electrons. The van der Waals surface area contributed by atoms with E-state index >= 15 is 0 Å². The van der Waals surface area contributed by atoms with Crippen LogP contribution in [-0.2, 0) is 10.8 Å². The van der Waals surface area contributed by atoms with Crippen molar-refractivity contribution >= 4 is 16.8 Å². The molecule has 0 saturated carbocycles. The minimum Gasteiger partial charge on any atom is -0.478 e. The number of carboxylic acids is 1. The quantitative estimate of drug-likeness (QED) is 0.704. The van der Waals surface area contributed by atoms with Crippen molar-refractivity contribution in [3.63, 3.8) is 0 Å². The lowest BCUT2D eigenvalue weighted by atomic mass is 10.2. The Kier molecular flexibility index (Phi) is 2.60. The van der Waals surface area contributed by atoms with Gasteiger partial charge in [-0.05, 0) is 24.3 Å². The number of aromatic carboxylic acids is 1. The maximum absolute atomic E-state index is 10.9. The number of rotatable bonds is 2. The summed E-state index contributed by atoms with van der Waals surface area (Å²) >= 11 is 0. The summed E-state index contributed by atoms with van der Waals surface area (Å²) < 4.78 is 10.9. The highest BCUT2D eigenvalue weighted by Crippen LogP contribution is 2.06. The summed E-state index contributed by atoms with van der Waals surface area (Å²) in [7, 11) is -1.04. The van der Waals surface area contributed by atoms with Gasteiger partial charge in [0, 0.05) is 22.0 Å². The maximum Gasteiger partial charge on any atom is 0.335 e. The third-order valence-electron chi connectivity index (χ3n) is 1.43. The number of carbonyl (C=O) groups is 1. The second kappa shape index (κ2) is 3.49. The Labute approximate surface area is 72.5 Å². The summed E-state index contributed by atoms with van der Waals surface area (Å²) in [5.41, 5.74) is 0.212. The van der Waals surface area contributed by atoms with Crippen LogP contribution in [0.2, 0.25) is 0 Å². The Bertz CT molecular complexity index is 283. The minimum absolute atomic E-state index is 0.212. The Morgan fingerprint density at radius 2 is 1.92 bits per heavy atom. The predicted octanol–water partition coefficient (Wildman–Crippen LogP) is 1.12. The molecule has 3 nitrogen and oxygen atoms in total. The molecule has 0 radical (unpaired) electrons. The van der Waals surface area contributed by atoms with Gasteiger partial charge in [0.1, 0.15) is 0 Å². The Morgan fingerprint density at radius 1 is 1.42 bits per heavy atom. The molecule has 0 fully saturated rings. The molecular weight excluding hydrogens is 178 g/mol. The summed E-state index contributed by atoms with van der Waals surface area (Å²) in [5, 5.41) is 8.54. The fraction of sp³-hybridized carbons (Fsp3) is 0.125. The fourth-order valence-corrected chi connectivity index (χ4v) is 1.31. The van der Waals surface area contributed by atoms with E-state index in [1.807, 2.05) is 0 Å². The van der Waals surface area contributed by atoms with Crippen LogP contribution in [0.4, 0.5) is 0 Å². The van der Waals surface area contributed by atoms with Crippen LogP contribution >= 0.6 is 0 Å². The largest absolute Gasteiger partial charge is 0.478 e. The SMILES string of the molecule is CS(=[18O])c1ccc(C(=O)O)cc1. The highest BCUT2D eigenvalue weighted by Gasteiger charge is 2.02. The molecule has 1 rings (SSSR count). The van der Waals surface area contributed by atoms with Crippen LogP contribution in [0.1, 0.15) is 10.4 Å². The molecule has 0 amide bonds. The van der Waals surface area contributed by atoms with Gasteiger partial charge in [-0.25, -0.2) is 4.79 Å². The van der Waals surface area contributed by atoms with Crippen molar-refractivity contribution < 1.29 is 14.1 Å². The first-order valence-corrected chi connectivity index (χ1v) is 4.84. The van der Waals surface area contributed by atoms with Crippen molar-refractivity contribution in [3.05, 3.63) is 29.8 Å². The molecule has 0 bridgehead atoms. The highest BCUT2D eigenvalue weighted by molar-refractivity contribution is 7.84. The summed E-state index contributed by atoms with van der Waals surface area (Å²) in [6.45, 7) is 0. The lowest BCUT2D eigenvalue weighted by Crippen LogP contribution is -1.96. The van der Waals surface area contributed by atoms with Crippen molar-refractivity contribution in [1.29, 1.82) is 0 Å². The lowest BCUT2D eigenvalue weighted by Gasteiger charge is -1.96. The smallest absolute Gasteiger partial charge is 0.335 e. The van der Waals surface area contributed by atoms with E-state index in [2.05, 4.69) is 0 Å². The van der Waals surface area contributed by atoms with Gasteiger partial charge < -0.3 is 5.11 Å². The molecule has 0 saturated heterocycles. The van der Waals surface area contributed by atoms with Crippen molar-refractivity contribution in [2.24, 2.45) is 0 Å². The Morgan fingerprint density at radius 3 is 2.25 bits per heavy atom. The zero-order chi connectivity index (χ0) is 9.14. The van der Waals surface area contributed by atoms with Gasteiger partial charge in [0.2, 0.25) is 0 Å². The van der Waals surface area contributed by atoms with Crippen molar-refractivity contribution in [2.45, 2.75) is 4.90 Å². The Balaban J connectivity index is 3.01. The number of hydrogen-bond acceptors (Lipinski definition) is 2. The lowest BCUT2D eigenvalue weighted by molar-refractivity contribution is 0.0697. The predicted molar refractivity (Wildman–Crippen MR) is 45.7 cm³/mol. The van der Waals surface area contributed by atoms with Gasteiger partial charge in [-0.3, -0.25) is 4.21 Å². The van der Waals surface area contributed by atoms with E-state index in [0.717, 1.165) is 0 Å². The molecule has 0 heterocycles. The average Bonchev–Trinajstić information content (AvgIpc) is 2.04. The van der Waals surface area contributed by atoms with Gasteiger partial charge in [0.05, 0.1) is 5.56 Å². The second-order valence-electron chi connectivity index (χ2n) is 2.28. The van der Waals surface area contributed by atoms with E-state index in [0.29, 0.717) is 4.90 Å². The minimum atomic E-state index is -1.04. The van der Waals surface area contributed by atoms with E-state index in [1.54, 1.807) is 18.4 Å². The van der Waals surface area contributed by atoms with E-state index < -0.39 is 16.8 Å². The summed E-state index contributed by atoms with van der Waals surface area (Å²) in [4.78, 5) is 11.0. The first-order chi connectivity index (χ1) is 5.61. The van der Waals surface area contributed by atoms with Crippen molar-refractivity contribution in [1.82, 2.24) is 0 Å². The first-order valence-electron chi connectivity index (χ1n) is 3.28. The van der Waals surface area contributed by atoms with Gasteiger partial charge in [0.15, 0.2) is 0 Å².